The number of carbonyl (C=O) groups is 2. The lowest BCUT2D eigenvalue weighted by molar-refractivity contribution is -0.132. The van der Waals surface area contributed by atoms with E-state index in [0.717, 1.165) is 37.1 Å². The average Bonchev–Trinajstić information content (AvgIpc) is 3.22. The van der Waals surface area contributed by atoms with Crippen LogP contribution in [0.3, 0.4) is 0 Å². The summed E-state index contributed by atoms with van der Waals surface area (Å²) >= 11 is 0. The van der Waals surface area contributed by atoms with E-state index in [-0.39, 0.29) is 12.5 Å². The first-order chi connectivity index (χ1) is 12.7. The van der Waals surface area contributed by atoms with Crippen molar-refractivity contribution in [2.45, 2.75) is 31.9 Å². The maximum absolute atomic E-state index is 12.8. The predicted octanol–water partition coefficient (Wildman–Crippen LogP) is 2.54. The third-order valence-corrected chi connectivity index (χ3v) is 4.41. The van der Waals surface area contributed by atoms with E-state index < -0.39 is 12.1 Å². The molecule has 26 heavy (non-hydrogen) atoms. The van der Waals surface area contributed by atoms with Gasteiger partial charge in [0.1, 0.15) is 12.6 Å². The number of ether oxygens (including phenoxy) is 1. The molecule has 0 aliphatic carbocycles. The van der Waals surface area contributed by atoms with Gasteiger partial charge in [0.15, 0.2) is 0 Å². The number of amides is 2. The summed E-state index contributed by atoms with van der Waals surface area (Å²) in [6.07, 6.45) is 5.21. The molecule has 1 saturated heterocycles. The largest absolute Gasteiger partial charge is 0.445 e. The molecule has 3 rings (SSSR count). The number of likely N-dealkylation sites (tertiary alicyclic amines) is 1. The van der Waals surface area contributed by atoms with Crippen molar-refractivity contribution in [3.8, 4) is 0 Å². The zero-order valence-corrected chi connectivity index (χ0v) is 14.6. The molecule has 0 radical (unpaired) electrons. The van der Waals surface area contributed by atoms with Crippen LogP contribution in [-0.2, 0) is 22.6 Å². The summed E-state index contributed by atoms with van der Waals surface area (Å²) < 4.78 is 5.28. The quantitative estimate of drug-likeness (QED) is 0.866. The predicted molar refractivity (Wildman–Crippen MR) is 97.3 cm³/mol. The van der Waals surface area contributed by atoms with Crippen LogP contribution in [0.5, 0.6) is 0 Å². The normalized spacial score (nSPS) is 14.7. The van der Waals surface area contributed by atoms with Crippen LogP contribution < -0.4 is 5.32 Å². The number of hydrogen-bond donors (Lipinski definition) is 1. The van der Waals surface area contributed by atoms with Gasteiger partial charge in [-0.25, -0.2) is 4.79 Å². The maximum atomic E-state index is 12.8. The minimum atomic E-state index is -0.640. The topological polar surface area (TPSA) is 71.5 Å². The molecule has 0 unspecified atom stereocenters. The molecule has 6 nitrogen and oxygen atoms in total. The Morgan fingerprint density at radius 3 is 2.42 bits per heavy atom. The van der Waals surface area contributed by atoms with Gasteiger partial charge in [0, 0.05) is 31.9 Å². The number of alkyl carbamates (subject to hydrolysis) is 1. The molecule has 1 aliphatic heterocycles. The van der Waals surface area contributed by atoms with Gasteiger partial charge in [-0.05, 0) is 36.1 Å². The van der Waals surface area contributed by atoms with E-state index in [0.29, 0.717) is 6.42 Å². The number of nitrogens with zero attached hydrogens (tertiary/aromatic N) is 2. The average molecular weight is 353 g/mol. The first-order valence-electron chi connectivity index (χ1n) is 8.87. The maximum Gasteiger partial charge on any atom is 0.408 e. The summed E-state index contributed by atoms with van der Waals surface area (Å²) in [5, 5.41) is 2.74. The number of benzene rings is 1. The van der Waals surface area contributed by atoms with E-state index in [1.807, 2.05) is 47.4 Å². The minimum absolute atomic E-state index is 0.0593. The van der Waals surface area contributed by atoms with Gasteiger partial charge >= 0.3 is 6.09 Å². The Morgan fingerprint density at radius 2 is 1.73 bits per heavy atom. The van der Waals surface area contributed by atoms with Gasteiger partial charge in [0.2, 0.25) is 5.91 Å². The lowest BCUT2D eigenvalue weighted by atomic mass is 10.1. The first-order valence-corrected chi connectivity index (χ1v) is 8.87. The van der Waals surface area contributed by atoms with Crippen molar-refractivity contribution in [3.05, 3.63) is 66.0 Å². The minimum Gasteiger partial charge on any atom is -0.445 e. The van der Waals surface area contributed by atoms with Crippen LogP contribution in [0.2, 0.25) is 0 Å². The number of pyridine rings is 1. The lowest BCUT2D eigenvalue weighted by Gasteiger charge is -2.24. The number of hydrogen-bond acceptors (Lipinski definition) is 4. The van der Waals surface area contributed by atoms with Gasteiger partial charge in [-0.3, -0.25) is 9.78 Å². The fraction of sp³-hybridized carbons (Fsp3) is 0.350. The fourth-order valence-corrected chi connectivity index (χ4v) is 3.02. The highest BCUT2D eigenvalue weighted by atomic mass is 16.5. The Morgan fingerprint density at radius 1 is 1.04 bits per heavy atom. The number of rotatable bonds is 6. The van der Waals surface area contributed by atoms with Crippen LogP contribution in [-0.4, -0.2) is 41.0 Å². The molecule has 2 heterocycles. The fourth-order valence-electron chi connectivity index (χ4n) is 3.02. The van der Waals surface area contributed by atoms with Crippen molar-refractivity contribution in [2.75, 3.05) is 13.1 Å². The molecule has 0 saturated carbocycles. The highest BCUT2D eigenvalue weighted by Crippen LogP contribution is 2.12. The van der Waals surface area contributed by atoms with E-state index in [4.69, 9.17) is 4.74 Å². The van der Waals surface area contributed by atoms with Gasteiger partial charge in [0.05, 0.1) is 0 Å². The second-order valence-corrected chi connectivity index (χ2v) is 6.35. The zero-order chi connectivity index (χ0) is 18.2. The summed E-state index contributed by atoms with van der Waals surface area (Å²) in [5.74, 6) is -0.0593. The van der Waals surface area contributed by atoms with Crippen LogP contribution in [0.25, 0.3) is 0 Å². The van der Waals surface area contributed by atoms with E-state index in [2.05, 4.69) is 10.3 Å². The summed E-state index contributed by atoms with van der Waals surface area (Å²) in [6.45, 7) is 1.66. The smallest absolute Gasteiger partial charge is 0.408 e. The molecule has 1 aromatic heterocycles. The first kappa shape index (κ1) is 17.9. The van der Waals surface area contributed by atoms with E-state index in [9.17, 15) is 9.59 Å². The SMILES string of the molecule is O=C(N[C@H](Cc1ccncc1)C(=O)N1CCCC1)OCc1ccccc1. The van der Waals surface area contributed by atoms with Crippen LogP contribution in [0.15, 0.2) is 54.9 Å². The van der Waals surface area contributed by atoms with Crippen LogP contribution in [0.1, 0.15) is 24.0 Å². The van der Waals surface area contributed by atoms with Crippen molar-refractivity contribution in [3.63, 3.8) is 0 Å². The van der Waals surface area contributed by atoms with Crippen LogP contribution in [0.4, 0.5) is 4.79 Å². The molecular formula is C20H23N3O3. The van der Waals surface area contributed by atoms with Crippen molar-refractivity contribution < 1.29 is 14.3 Å². The molecule has 6 heteroatoms. The summed E-state index contributed by atoms with van der Waals surface area (Å²) in [7, 11) is 0. The molecule has 1 aliphatic rings. The summed E-state index contributed by atoms with van der Waals surface area (Å²) in [6, 6.07) is 12.5. The van der Waals surface area contributed by atoms with Gasteiger partial charge in [0.25, 0.3) is 0 Å². The van der Waals surface area contributed by atoms with Crippen LogP contribution >= 0.6 is 0 Å². The van der Waals surface area contributed by atoms with E-state index in [1.54, 1.807) is 12.4 Å². The Labute approximate surface area is 153 Å². The van der Waals surface area contributed by atoms with Gasteiger partial charge in [-0.2, -0.15) is 0 Å². The molecule has 0 bridgehead atoms. The monoisotopic (exact) mass is 353 g/mol. The standard InChI is InChI=1S/C20H23N3O3/c24-19(23-12-4-5-13-23)18(14-16-8-10-21-11-9-16)22-20(25)26-15-17-6-2-1-3-7-17/h1-3,6-11,18H,4-5,12-15H2,(H,22,25)/t18-/m1/s1. The van der Waals surface area contributed by atoms with Crippen molar-refractivity contribution in [2.24, 2.45) is 0 Å². The molecule has 0 spiro atoms. The molecular weight excluding hydrogens is 330 g/mol. The van der Waals surface area contributed by atoms with Crippen molar-refractivity contribution in [1.82, 2.24) is 15.2 Å². The molecule has 2 aromatic rings. The number of aromatic nitrogens is 1. The molecule has 1 N–H and O–H groups in total. The summed E-state index contributed by atoms with van der Waals surface area (Å²) in [4.78, 5) is 30.8. The van der Waals surface area contributed by atoms with Gasteiger partial charge < -0.3 is 15.0 Å². The summed E-state index contributed by atoms with van der Waals surface area (Å²) in [5.41, 5.74) is 1.85. The third-order valence-electron chi connectivity index (χ3n) is 4.41. The molecule has 136 valence electrons. The lowest BCUT2D eigenvalue weighted by Crippen LogP contribution is -2.49. The molecule has 2 amide bonds. The Kier molecular flexibility index (Phi) is 6.19. The van der Waals surface area contributed by atoms with Gasteiger partial charge in [-0.1, -0.05) is 30.3 Å². The molecule has 1 aromatic carbocycles. The van der Waals surface area contributed by atoms with Crippen molar-refractivity contribution in [1.29, 1.82) is 0 Å². The Hall–Kier alpha value is -2.89. The second-order valence-electron chi connectivity index (χ2n) is 6.35. The molecule has 1 atom stereocenters. The van der Waals surface area contributed by atoms with Crippen LogP contribution in [0, 0.1) is 0 Å². The number of carbonyl (C=O) groups excluding carboxylic acids is 2. The van der Waals surface area contributed by atoms with E-state index in [1.165, 1.54) is 0 Å². The van der Waals surface area contributed by atoms with Crippen molar-refractivity contribution >= 4 is 12.0 Å². The Balaban J connectivity index is 1.62. The number of nitrogens with one attached hydrogen (secondary N) is 1. The highest BCUT2D eigenvalue weighted by Gasteiger charge is 2.28. The highest BCUT2D eigenvalue weighted by molar-refractivity contribution is 5.86. The second kappa shape index (κ2) is 8.99. The molecule has 1 fully saturated rings. The Bertz CT molecular complexity index is 716. The van der Waals surface area contributed by atoms with Gasteiger partial charge in [-0.15, -0.1) is 0 Å². The third kappa shape index (κ3) is 5.05. The zero-order valence-electron chi connectivity index (χ0n) is 14.6. The van der Waals surface area contributed by atoms with E-state index >= 15 is 0 Å².